The second kappa shape index (κ2) is 3.78. The molecule has 0 amide bonds. The summed E-state index contributed by atoms with van der Waals surface area (Å²) in [5, 5.41) is 0. The molecule has 2 rings (SSSR count). The van der Waals surface area contributed by atoms with Gasteiger partial charge >= 0.3 is 0 Å². The van der Waals surface area contributed by atoms with Gasteiger partial charge in [-0.2, -0.15) is 0 Å². The Balaban J connectivity index is 2.29. The quantitative estimate of drug-likeness (QED) is 0.579. The Morgan fingerprint density at radius 2 is 2.43 bits per heavy atom. The van der Waals surface area contributed by atoms with E-state index in [4.69, 9.17) is 5.73 Å². The number of aryl methyl sites for hydroxylation is 1. The van der Waals surface area contributed by atoms with Crippen molar-refractivity contribution in [3.8, 4) is 0 Å². The van der Waals surface area contributed by atoms with E-state index in [1.165, 1.54) is 18.4 Å². The number of nitrogens with two attached hydrogens (primary N) is 1. The summed E-state index contributed by atoms with van der Waals surface area (Å²) >= 11 is 0. The van der Waals surface area contributed by atoms with Gasteiger partial charge in [0.15, 0.2) is 0 Å². The van der Waals surface area contributed by atoms with Gasteiger partial charge in [-0.1, -0.05) is 13.0 Å². The molecule has 1 saturated carbocycles. The van der Waals surface area contributed by atoms with E-state index in [1.807, 2.05) is 6.07 Å². The van der Waals surface area contributed by atoms with E-state index in [1.54, 1.807) is 6.20 Å². The molecular weight excluding hydrogens is 174 g/mol. The van der Waals surface area contributed by atoms with Crippen LogP contribution in [0.25, 0.3) is 0 Å². The van der Waals surface area contributed by atoms with Crippen molar-refractivity contribution in [1.29, 1.82) is 0 Å². The predicted octanol–water partition coefficient (Wildman–Crippen LogP) is 1.51. The van der Waals surface area contributed by atoms with Gasteiger partial charge in [0.2, 0.25) is 0 Å². The molecular formula is C11H15N3. The highest BCUT2D eigenvalue weighted by Crippen LogP contribution is 2.24. The standard InChI is InChI=1S/C11H15N3/c1-2-8-4-3-7-13-10(8)11(12)14-9-5-6-9/h3-4,7,9H,2,5-6H2,1H3,(H2,12,14). The minimum atomic E-state index is 0.460. The Kier molecular flexibility index (Phi) is 2.48. The van der Waals surface area contributed by atoms with Crippen molar-refractivity contribution in [2.75, 3.05) is 0 Å². The molecule has 0 bridgehead atoms. The number of rotatable bonds is 3. The lowest BCUT2D eigenvalue weighted by Gasteiger charge is -2.04. The summed E-state index contributed by atoms with van der Waals surface area (Å²) in [5.41, 5.74) is 7.94. The van der Waals surface area contributed by atoms with E-state index in [2.05, 4.69) is 23.0 Å². The largest absolute Gasteiger partial charge is 0.382 e. The fourth-order valence-electron chi connectivity index (χ4n) is 1.42. The van der Waals surface area contributed by atoms with Gasteiger partial charge in [0.1, 0.15) is 11.5 Å². The summed E-state index contributed by atoms with van der Waals surface area (Å²) in [6.07, 6.45) is 5.07. The first kappa shape index (κ1) is 9.19. The van der Waals surface area contributed by atoms with Crippen molar-refractivity contribution in [3.63, 3.8) is 0 Å². The molecule has 1 aromatic heterocycles. The third kappa shape index (κ3) is 1.92. The molecule has 1 heterocycles. The minimum Gasteiger partial charge on any atom is -0.382 e. The highest BCUT2D eigenvalue weighted by atomic mass is 14.9. The zero-order valence-electron chi connectivity index (χ0n) is 8.40. The molecule has 0 aromatic carbocycles. The van der Waals surface area contributed by atoms with Gasteiger partial charge in [-0.15, -0.1) is 0 Å². The number of hydrogen-bond acceptors (Lipinski definition) is 2. The van der Waals surface area contributed by atoms with Crippen LogP contribution >= 0.6 is 0 Å². The average molecular weight is 189 g/mol. The van der Waals surface area contributed by atoms with Crippen LogP contribution < -0.4 is 5.73 Å². The molecule has 1 aliphatic carbocycles. The molecule has 14 heavy (non-hydrogen) atoms. The second-order valence-electron chi connectivity index (χ2n) is 3.61. The molecule has 0 radical (unpaired) electrons. The average Bonchev–Trinajstić information content (AvgIpc) is 3.01. The van der Waals surface area contributed by atoms with Gasteiger partial charge in [-0.3, -0.25) is 9.98 Å². The van der Waals surface area contributed by atoms with Gasteiger partial charge in [-0.05, 0) is 30.9 Å². The first-order valence-electron chi connectivity index (χ1n) is 5.08. The molecule has 0 saturated heterocycles. The molecule has 3 nitrogen and oxygen atoms in total. The summed E-state index contributed by atoms with van der Waals surface area (Å²) < 4.78 is 0. The lowest BCUT2D eigenvalue weighted by molar-refractivity contribution is 1.04. The molecule has 0 aliphatic heterocycles. The third-order valence-electron chi connectivity index (χ3n) is 2.38. The van der Waals surface area contributed by atoms with E-state index in [0.717, 1.165) is 12.1 Å². The number of aromatic nitrogens is 1. The van der Waals surface area contributed by atoms with Crippen molar-refractivity contribution in [1.82, 2.24) is 4.98 Å². The molecule has 3 heteroatoms. The zero-order valence-corrected chi connectivity index (χ0v) is 8.40. The normalized spacial score (nSPS) is 17.1. The van der Waals surface area contributed by atoms with Crippen LogP contribution in [0.3, 0.4) is 0 Å². The SMILES string of the molecule is CCc1cccnc1C(N)=NC1CC1. The van der Waals surface area contributed by atoms with E-state index < -0.39 is 0 Å². The van der Waals surface area contributed by atoms with E-state index >= 15 is 0 Å². The molecule has 0 spiro atoms. The molecule has 1 aliphatic rings. The van der Waals surface area contributed by atoms with Crippen molar-refractivity contribution in [3.05, 3.63) is 29.6 Å². The lowest BCUT2D eigenvalue weighted by atomic mass is 10.1. The smallest absolute Gasteiger partial charge is 0.145 e. The number of pyridine rings is 1. The summed E-state index contributed by atoms with van der Waals surface area (Å²) in [5.74, 6) is 0.602. The Morgan fingerprint density at radius 1 is 1.64 bits per heavy atom. The molecule has 1 aromatic rings. The van der Waals surface area contributed by atoms with Gasteiger partial charge in [0, 0.05) is 6.20 Å². The lowest BCUT2D eigenvalue weighted by Crippen LogP contribution is -2.18. The third-order valence-corrected chi connectivity index (χ3v) is 2.38. The Hall–Kier alpha value is -1.38. The summed E-state index contributed by atoms with van der Waals surface area (Å²) in [6.45, 7) is 2.10. The first-order chi connectivity index (χ1) is 6.81. The minimum absolute atomic E-state index is 0.460. The van der Waals surface area contributed by atoms with Crippen molar-refractivity contribution >= 4 is 5.84 Å². The van der Waals surface area contributed by atoms with Gasteiger partial charge in [0.25, 0.3) is 0 Å². The Labute approximate surface area is 84.1 Å². The fraction of sp³-hybridized carbons (Fsp3) is 0.455. The number of nitrogens with zero attached hydrogens (tertiary/aromatic N) is 2. The predicted molar refractivity (Wildman–Crippen MR) is 57.4 cm³/mol. The molecule has 1 fully saturated rings. The number of aliphatic imine (C=N–C) groups is 1. The van der Waals surface area contributed by atoms with Crippen LogP contribution in [0, 0.1) is 0 Å². The topological polar surface area (TPSA) is 51.3 Å². The van der Waals surface area contributed by atoms with Crippen molar-refractivity contribution < 1.29 is 0 Å². The van der Waals surface area contributed by atoms with Crippen molar-refractivity contribution in [2.45, 2.75) is 32.2 Å². The summed E-state index contributed by atoms with van der Waals surface area (Å²) in [4.78, 5) is 8.67. The monoisotopic (exact) mass is 189 g/mol. The maximum absolute atomic E-state index is 5.90. The Morgan fingerprint density at radius 3 is 3.07 bits per heavy atom. The van der Waals surface area contributed by atoms with Crippen LogP contribution in [-0.2, 0) is 6.42 Å². The van der Waals surface area contributed by atoms with Crippen molar-refractivity contribution in [2.24, 2.45) is 10.7 Å². The molecule has 74 valence electrons. The molecule has 0 unspecified atom stereocenters. The zero-order chi connectivity index (χ0) is 9.97. The van der Waals surface area contributed by atoms with E-state index in [9.17, 15) is 0 Å². The summed E-state index contributed by atoms with van der Waals surface area (Å²) in [6, 6.07) is 4.45. The number of amidine groups is 1. The first-order valence-corrected chi connectivity index (χ1v) is 5.08. The highest BCUT2D eigenvalue weighted by molar-refractivity contribution is 5.97. The van der Waals surface area contributed by atoms with Crippen LogP contribution in [0.1, 0.15) is 31.0 Å². The van der Waals surface area contributed by atoms with Crippen LogP contribution in [-0.4, -0.2) is 16.9 Å². The fourth-order valence-corrected chi connectivity index (χ4v) is 1.42. The maximum Gasteiger partial charge on any atom is 0.145 e. The second-order valence-corrected chi connectivity index (χ2v) is 3.61. The van der Waals surface area contributed by atoms with Crippen LogP contribution in [0.4, 0.5) is 0 Å². The van der Waals surface area contributed by atoms with Gasteiger partial charge in [0.05, 0.1) is 6.04 Å². The highest BCUT2D eigenvalue weighted by Gasteiger charge is 2.21. The van der Waals surface area contributed by atoms with E-state index in [0.29, 0.717) is 11.9 Å². The van der Waals surface area contributed by atoms with Crippen LogP contribution in [0.2, 0.25) is 0 Å². The van der Waals surface area contributed by atoms with E-state index in [-0.39, 0.29) is 0 Å². The van der Waals surface area contributed by atoms with Crippen LogP contribution in [0.5, 0.6) is 0 Å². The maximum atomic E-state index is 5.90. The molecule has 0 atom stereocenters. The molecule has 2 N–H and O–H groups in total. The van der Waals surface area contributed by atoms with Crippen LogP contribution in [0.15, 0.2) is 23.3 Å². The van der Waals surface area contributed by atoms with Gasteiger partial charge in [-0.25, -0.2) is 0 Å². The number of hydrogen-bond donors (Lipinski definition) is 1. The summed E-state index contributed by atoms with van der Waals surface area (Å²) in [7, 11) is 0. The van der Waals surface area contributed by atoms with Gasteiger partial charge < -0.3 is 5.73 Å². The Bertz CT molecular complexity index is 353.